The number of benzene rings is 2. The van der Waals surface area contributed by atoms with Crippen LogP contribution in [0.15, 0.2) is 54.6 Å². The molecule has 0 spiro atoms. The fourth-order valence-corrected chi connectivity index (χ4v) is 7.72. The minimum absolute atomic E-state index is 0.0362. The highest BCUT2D eigenvalue weighted by molar-refractivity contribution is 6.36. The zero-order chi connectivity index (χ0) is 38.1. The van der Waals surface area contributed by atoms with E-state index in [0.717, 1.165) is 33.9 Å². The summed E-state index contributed by atoms with van der Waals surface area (Å²) in [4.78, 5) is 20.5. The molecule has 53 heavy (non-hydrogen) atoms. The molecule has 9 nitrogen and oxygen atoms in total. The molecule has 2 aromatic carbocycles. The third-order valence-corrected chi connectivity index (χ3v) is 10.7. The van der Waals surface area contributed by atoms with Crippen molar-refractivity contribution in [3.63, 3.8) is 0 Å². The number of carbonyl (C=O) groups is 1. The molecule has 2 aliphatic carbocycles. The fourth-order valence-electron chi connectivity index (χ4n) is 7.40. The molecule has 4 aromatic rings. The maximum absolute atomic E-state index is 14.4. The number of carboxylic acids is 1. The zero-order valence-electron chi connectivity index (χ0n) is 30.0. The molecule has 0 amide bonds. The number of nitrogens with zero attached hydrogens (tertiary/aromatic N) is 2. The number of alkyl halides is 3. The largest absolute Gasteiger partial charge is 0.481 e. The highest BCUT2D eigenvalue weighted by atomic mass is 35.5. The van der Waals surface area contributed by atoms with Gasteiger partial charge in [0.2, 0.25) is 17.6 Å². The van der Waals surface area contributed by atoms with Crippen molar-refractivity contribution in [2.75, 3.05) is 14.2 Å². The first-order chi connectivity index (χ1) is 25.2. The quantitative estimate of drug-likeness (QED) is 0.116. The number of aromatic nitrogens is 2. The Morgan fingerprint density at radius 2 is 1.68 bits per heavy atom. The van der Waals surface area contributed by atoms with Gasteiger partial charge in [0.05, 0.1) is 36.5 Å². The van der Waals surface area contributed by atoms with E-state index in [0.29, 0.717) is 60.8 Å². The van der Waals surface area contributed by atoms with E-state index in [9.17, 15) is 28.2 Å². The van der Waals surface area contributed by atoms with Crippen LogP contribution in [0.3, 0.4) is 0 Å². The lowest BCUT2D eigenvalue weighted by Gasteiger charge is -2.41. The summed E-state index contributed by atoms with van der Waals surface area (Å²) < 4.78 is 60.3. The number of aliphatic carboxylic acids is 1. The Labute approximate surface area is 311 Å². The van der Waals surface area contributed by atoms with Crippen LogP contribution in [0.4, 0.5) is 13.2 Å². The first-order valence-electron chi connectivity index (χ1n) is 17.7. The van der Waals surface area contributed by atoms with Gasteiger partial charge in [-0.2, -0.15) is 18.2 Å². The minimum atomic E-state index is -4.78. The SMILES string of the molecule is CC[C@H](CCc1cc(C(F)(F)F)c(O[C@H]2CCc3c(-c4cccc(-c5ccc(CNC6CC(C)(O)C6)c(OC)n5)c4Cl)cccc32)nc1OC)C(=O)O. The monoisotopic (exact) mass is 753 g/mol. The van der Waals surface area contributed by atoms with Crippen molar-refractivity contribution in [2.24, 2.45) is 5.92 Å². The van der Waals surface area contributed by atoms with Crippen LogP contribution in [0.1, 0.15) is 79.9 Å². The summed E-state index contributed by atoms with van der Waals surface area (Å²) in [6, 6.07) is 16.3. The molecule has 282 valence electrons. The van der Waals surface area contributed by atoms with Crippen molar-refractivity contribution in [2.45, 2.75) is 89.3 Å². The van der Waals surface area contributed by atoms with Crippen LogP contribution in [0.25, 0.3) is 22.4 Å². The number of hydrogen-bond donors (Lipinski definition) is 3. The second-order valence-electron chi connectivity index (χ2n) is 14.0. The smallest absolute Gasteiger partial charge is 0.421 e. The van der Waals surface area contributed by atoms with Gasteiger partial charge in [0.15, 0.2) is 0 Å². The van der Waals surface area contributed by atoms with Gasteiger partial charge in [-0.1, -0.05) is 61.0 Å². The maximum Gasteiger partial charge on any atom is 0.421 e. The molecule has 0 aliphatic heterocycles. The Kier molecular flexibility index (Phi) is 11.2. The van der Waals surface area contributed by atoms with Crippen molar-refractivity contribution in [3.05, 3.63) is 87.4 Å². The van der Waals surface area contributed by atoms with Gasteiger partial charge in [0.25, 0.3) is 0 Å². The average Bonchev–Trinajstić information content (AvgIpc) is 3.52. The van der Waals surface area contributed by atoms with Crippen LogP contribution >= 0.6 is 11.6 Å². The number of aryl methyl sites for hydroxylation is 1. The van der Waals surface area contributed by atoms with Crippen LogP contribution < -0.4 is 19.5 Å². The third kappa shape index (κ3) is 8.24. The number of fused-ring (bicyclic) bond motifs is 1. The molecule has 2 atom stereocenters. The summed E-state index contributed by atoms with van der Waals surface area (Å²) in [6.07, 6.45) is -2.64. The molecule has 0 bridgehead atoms. The van der Waals surface area contributed by atoms with Gasteiger partial charge < -0.3 is 29.7 Å². The zero-order valence-corrected chi connectivity index (χ0v) is 30.8. The van der Waals surface area contributed by atoms with E-state index in [1.165, 1.54) is 7.11 Å². The molecule has 13 heteroatoms. The predicted molar refractivity (Wildman–Crippen MR) is 194 cm³/mol. The van der Waals surface area contributed by atoms with Crippen molar-refractivity contribution < 1.29 is 42.4 Å². The number of hydrogen-bond acceptors (Lipinski definition) is 8. The molecule has 2 aliphatic rings. The molecule has 1 saturated carbocycles. The van der Waals surface area contributed by atoms with Gasteiger partial charge in [-0.05, 0) is 80.7 Å². The van der Waals surface area contributed by atoms with Crippen LogP contribution in [0.5, 0.6) is 17.6 Å². The van der Waals surface area contributed by atoms with E-state index in [1.807, 2.05) is 55.5 Å². The van der Waals surface area contributed by atoms with E-state index < -0.39 is 41.2 Å². The van der Waals surface area contributed by atoms with Gasteiger partial charge in [0.1, 0.15) is 11.7 Å². The Morgan fingerprint density at radius 3 is 2.34 bits per heavy atom. The second-order valence-corrected chi connectivity index (χ2v) is 14.4. The molecule has 1 fully saturated rings. The van der Waals surface area contributed by atoms with Crippen LogP contribution in [0, 0.1) is 5.92 Å². The van der Waals surface area contributed by atoms with Crippen molar-refractivity contribution >= 4 is 17.6 Å². The molecule has 6 rings (SSSR count). The number of carboxylic acid groups (broad SMARTS) is 1. The number of ether oxygens (including phenoxy) is 3. The molecular formula is C40H43ClF3N3O6. The average molecular weight is 754 g/mol. The van der Waals surface area contributed by atoms with Crippen LogP contribution in [-0.4, -0.2) is 52.0 Å². The van der Waals surface area contributed by atoms with Gasteiger partial charge in [-0.25, -0.2) is 4.98 Å². The van der Waals surface area contributed by atoms with Crippen LogP contribution in [-0.2, 0) is 30.4 Å². The molecular weight excluding hydrogens is 711 g/mol. The first kappa shape index (κ1) is 38.3. The third-order valence-electron chi connectivity index (χ3n) is 10.3. The normalized spacial score (nSPS) is 20.0. The highest BCUT2D eigenvalue weighted by Gasteiger charge is 2.39. The number of rotatable bonds is 14. The summed E-state index contributed by atoms with van der Waals surface area (Å²) >= 11 is 7.10. The van der Waals surface area contributed by atoms with Crippen molar-refractivity contribution in [1.82, 2.24) is 15.3 Å². The van der Waals surface area contributed by atoms with Gasteiger partial charge >= 0.3 is 12.1 Å². The van der Waals surface area contributed by atoms with Gasteiger partial charge in [0, 0.05) is 34.8 Å². The molecule has 3 N–H and O–H groups in total. The number of methoxy groups -OCH3 is 2. The Morgan fingerprint density at radius 1 is 1.00 bits per heavy atom. The highest BCUT2D eigenvalue weighted by Crippen LogP contribution is 2.46. The molecule has 0 unspecified atom stereocenters. The summed E-state index contributed by atoms with van der Waals surface area (Å²) in [5.74, 6) is -1.87. The molecule has 2 heterocycles. The predicted octanol–water partition coefficient (Wildman–Crippen LogP) is 8.61. The van der Waals surface area contributed by atoms with Gasteiger partial charge in [-0.3, -0.25) is 4.79 Å². The van der Waals surface area contributed by atoms with E-state index in [-0.39, 0.29) is 30.3 Å². The topological polar surface area (TPSA) is 123 Å². The number of halogens is 4. The Hall–Kier alpha value is -4.39. The fraction of sp³-hybridized carbons (Fsp3) is 0.425. The summed E-state index contributed by atoms with van der Waals surface area (Å²) in [6.45, 7) is 4.08. The summed E-state index contributed by atoms with van der Waals surface area (Å²) in [7, 11) is 2.88. The maximum atomic E-state index is 14.4. The number of pyridine rings is 2. The van der Waals surface area contributed by atoms with E-state index >= 15 is 0 Å². The Balaban J connectivity index is 1.26. The van der Waals surface area contributed by atoms with Gasteiger partial charge in [-0.15, -0.1) is 0 Å². The summed E-state index contributed by atoms with van der Waals surface area (Å²) in [5, 5.41) is 23.4. The molecule has 2 aromatic heterocycles. The molecule has 0 radical (unpaired) electrons. The van der Waals surface area contributed by atoms with Crippen molar-refractivity contribution in [3.8, 4) is 40.0 Å². The second kappa shape index (κ2) is 15.5. The standard InChI is InChI=1S/C40H43ClF3N3O6/c1-5-22(38(48)49)12-13-23-18-31(40(42,43)44)37(47-35(23)51-3)53-33-17-15-27-26(8-6-9-28(27)33)29-10-7-11-30(34(29)41)32-16-14-24(36(46-32)52-4)21-45-25-19-39(2,50)20-25/h6-11,14,16,18,22,25,33,45,50H,5,12-13,15,17,19-21H2,1-4H3,(H,48,49)/t22-,25?,33+,39?/m1/s1. The van der Waals surface area contributed by atoms with Crippen LogP contribution in [0.2, 0.25) is 5.02 Å². The molecule has 0 saturated heterocycles. The summed E-state index contributed by atoms with van der Waals surface area (Å²) in [5.41, 5.74) is 3.92. The van der Waals surface area contributed by atoms with E-state index in [4.69, 9.17) is 30.8 Å². The van der Waals surface area contributed by atoms with E-state index in [2.05, 4.69) is 10.3 Å². The number of nitrogens with one attached hydrogen (secondary N) is 1. The minimum Gasteiger partial charge on any atom is -0.481 e. The Bertz CT molecular complexity index is 1980. The lowest BCUT2D eigenvalue weighted by molar-refractivity contribution is -0.142. The lowest BCUT2D eigenvalue weighted by atomic mass is 9.77. The van der Waals surface area contributed by atoms with E-state index in [1.54, 1.807) is 14.0 Å². The first-order valence-corrected chi connectivity index (χ1v) is 18.1. The van der Waals surface area contributed by atoms with Crippen molar-refractivity contribution in [1.29, 1.82) is 0 Å². The number of aliphatic hydroxyl groups is 1. The lowest BCUT2D eigenvalue weighted by Crippen LogP contribution is -2.51.